The quantitative estimate of drug-likeness (QED) is 0.501. The minimum atomic E-state index is -0.0879. The Morgan fingerprint density at radius 3 is 2.39 bits per heavy atom. The number of nitrogens with zero attached hydrogens (tertiary/aromatic N) is 4. The second-order valence-electron chi connectivity index (χ2n) is 6.62. The number of carbonyl (C=O) groups excluding carboxylic acids is 1. The molecule has 5 nitrogen and oxygen atoms in total. The Kier molecular flexibility index (Phi) is 5.04. The molecule has 0 unspecified atom stereocenters. The normalized spacial score (nSPS) is 10.8. The Bertz CT molecular complexity index is 1060. The van der Waals surface area contributed by atoms with Crippen molar-refractivity contribution in [1.29, 1.82) is 0 Å². The molecule has 2 aromatic heterocycles. The Morgan fingerprint density at radius 2 is 1.71 bits per heavy atom. The standard InChI is InChI=1S/C22H20N4OS/c1-25(2)18-12-10-16(11-13-18)21(27)26(15-17-7-5-6-14-23-17)22-24-19-8-3-4-9-20(19)28-22/h3-14H,15H2,1-2H3. The molecule has 1 amide bonds. The SMILES string of the molecule is CN(C)c1ccc(C(=O)N(Cc2ccccn2)c2nc3ccccc3s2)cc1. The van der Waals surface area contributed by atoms with Gasteiger partial charge in [-0.25, -0.2) is 4.98 Å². The van der Waals surface area contributed by atoms with Gasteiger partial charge < -0.3 is 4.90 Å². The van der Waals surface area contributed by atoms with Gasteiger partial charge in [0.1, 0.15) is 0 Å². The number of rotatable bonds is 5. The maximum absolute atomic E-state index is 13.4. The van der Waals surface area contributed by atoms with Crippen LogP contribution in [0.1, 0.15) is 16.1 Å². The molecule has 0 N–H and O–H groups in total. The predicted octanol–water partition coefficient (Wildman–Crippen LogP) is 4.60. The van der Waals surface area contributed by atoms with E-state index in [0.717, 1.165) is 21.6 Å². The lowest BCUT2D eigenvalue weighted by atomic mass is 10.1. The third kappa shape index (κ3) is 3.73. The molecule has 0 radical (unpaired) electrons. The summed E-state index contributed by atoms with van der Waals surface area (Å²) in [4.78, 5) is 26.1. The summed E-state index contributed by atoms with van der Waals surface area (Å²) in [5, 5.41) is 0.675. The van der Waals surface area contributed by atoms with Gasteiger partial charge in [-0.1, -0.05) is 29.5 Å². The van der Waals surface area contributed by atoms with E-state index in [-0.39, 0.29) is 5.91 Å². The van der Waals surface area contributed by atoms with Crippen molar-refractivity contribution in [3.8, 4) is 0 Å². The van der Waals surface area contributed by atoms with Crippen molar-refractivity contribution in [2.75, 3.05) is 23.9 Å². The molecule has 4 rings (SSSR count). The molecule has 140 valence electrons. The van der Waals surface area contributed by atoms with E-state index in [0.29, 0.717) is 17.2 Å². The average Bonchev–Trinajstić information content (AvgIpc) is 3.16. The Hall–Kier alpha value is -3.25. The molecule has 2 heterocycles. The number of aromatic nitrogens is 2. The van der Waals surface area contributed by atoms with Crippen LogP contribution in [0.3, 0.4) is 0 Å². The highest BCUT2D eigenvalue weighted by atomic mass is 32.1. The fourth-order valence-electron chi connectivity index (χ4n) is 2.91. The summed E-state index contributed by atoms with van der Waals surface area (Å²) >= 11 is 1.51. The number of hydrogen-bond donors (Lipinski definition) is 0. The summed E-state index contributed by atoms with van der Waals surface area (Å²) in [6.07, 6.45) is 1.74. The van der Waals surface area contributed by atoms with Crippen LogP contribution in [0, 0.1) is 0 Å². The third-order valence-electron chi connectivity index (χ3n) is 4.44. The number of carbonyl (C=O) groups is 1. The number of pyridine rings is 1. The van der Waals surface area contributed by atoms with Gasteiger partial charge in [0.25, 0.3) is 5.91 Å². The molecule has 0 saturated heterocycles. The van der Waals surface area contributed by atoms with Crippen LogP contribution in [-0.4, -0.2) is 30.0 Å². The van der Waals surface area contributed by atoms with Gasteiger partial charge in [-0.15, -0.1) is 0 Å². The molecule has 0 spiro atoms. The topological polar surface area (TPSA) is 49.3 Å². The molecule has 0 saturated carbocycles. The zero-order valence-electron chi connectivity index (χ0n) is 15.7. The number of fused-ring (bicyclic) bond motifs is 1. The van der Waals surface area contributed by atoms with Gasteiger partial charge >= 0.3 is 0 Å². The number of anilines is 2. The van der Waals surface area contributed by atoms with Crippen LogP contribution in [0.15, 0.2) is 72.9 Å². The molecule has 4 aromatic rings. The molecule has 0 fully saturated rings. The molecule has 0 aliphatic rings. The van der Waals surface area contributed by atoms with Gasteiger partial charge in [-0.2, -0.15) is 0 Å². The first-order chi connectivity index (χ1) is 13.6. The van der Waals surface area contributed by atoms with Crippen LogP contribution in [-0.2, 0) is 6.54 Å². The third-order valence-corrected chi connectivity index (χ3v) is 5.49. The Labute approximate surface area is 167 Å². The van der Waals surface area contributed by atoms with Crippen molar-refractivity contribution in [3.05, 3.63) is 84.2 Å². The average molecular weight is 388 g/mol. The van der Waals surface area contributed by atoms with E-state index >= 15 is 0 Å². The van der Waals surface area contributed by atoms with E-state index in [9.17, 15) is 4.79 Å². The molecule has 2 aromatic carbocycles. The van der Waals surface area contributed by atoms with Crippen molar-refractivity contribution in [1.82, 2.24) is 9.97 Å². The first-order valence-electron chi connectivity index (χ1n) is 8.96. The minimum Gasteiger partial charge on any atom is -0.378 e. The zero-order valence-corrected chi connectivity index (χ0v) is 16.6. The smallest absolute Gasteiger partial charge is 0.260 e. The van der Waals surface area contributed by atoms with Crippen LogP contribution in [0.5, 0.6) is 0 Å². The van der Waals surface area contributed by atoms with Crippen molar-refractivity contribution >= 4 is 38.3 Å². The lowest BCUT2D eigenvalue weighted by Crippen LogP contribution is -2.30. The molecule has 0 aliphatic carbocycles. The lowest BCUT2D eigenvalue weighted by Gasteiger charge is -2.20. The van der Waals surface area contributed by atoms with E-state index in [1.54, 1.807) is 11.1 Å². The van der Waals surface area contributed by atoms with E-state index in [1.807, 2.05) is 85.7 Å². The predicted molar refractivity (Wildman–Crippen MR) is 115 cm³/mol. The van der Waals surface area contributed by atoms with Crippen LogP contribution >= 0.6 is 11.3 Å². The van der Waals surface area contributed by atoms with Gasteiger partial charge in [0.05, 0.1) is 22.5 Å². The van der Waals surface area contributed by atoms with E-state index in [1.165, 1.54) is 11.3 Å². The van der Waals surface area contributed by atoms with Gasteiger partial charge in [0.15, 0.2) is 5.13 Å². The highest BCUT2D eigenvalue weighted by Crippen LogP contribution is 2.30. The van der Waals surface area contributed by atoms with Gasteiger partial charge in [-0.05, 0) is 48.5 Å². The summed E-state index contributed by atoms with van der Waals surface area (Å²) < 4.78 is 1.05. The second-order valence-corrected chi connectivity index (χ2v) is 7.63. The van der Waals surface area contributed by atoms with Crippen LogP contribution < -0.4 is 9.80 Å². The van der Waals surface area contributed by atoms with Gasteiger partial charge in [0, 0.05) is 31.5 Å². The second kappa shape index (κ2) is 7.78. The summed E-state index contributed by atoms with van der Waals surface area (Å²) in [7, 11) is 3.96. The number of benzene rings is 2. The summed E-state index contributed by atoms with van der Waals surface area (Å²) in [5.41, 5.74) is 3.39. The summed E-state index contributed by atoms with van der Waals surface area (Å²) in [6.45, 7) is 0.370. The van der Waals surface area contributed by atoms with E-state index < -0.39 is 0 Å². The molecule has 6 heteroatoms. The van der Waals surface area contributed by atoms with Crippen LogP contribution in [0.2, 0.25) is 0 Å². The van der Waals surface area contributed by atoms with Crippen molar-refractivity contribution in [2.24, 2.45) is 0 Å². The summed E-state index contributed by atoms with van der Waals surface area (Å²) in [5.74, 6) is -0.0879. The maximum atomic E-state index is 13.4. The number of thiazole rings is 1. The van der Waals surface area contributed by atoms with E-state index in [4.69, 9.17) is 0 Å². The highest BCUT2D eigenvalue weighted by molar-refractivity contribution is 7.22. The molecule has 28 heavy (non-hydrogen) atoms. The Morgan fingerprint density at radius 1 is 0.964 bits per heavy atom. The molecule has 0 aliphatic heterocycles. The minimum absolute atomic E-state index is 0.0879. The van der Waals surface area contributed by atoms with Crippen LogP contribution in [0.4, 0.5) is 10.8 Å². The fourth-order valence-corrected chi connectivity index (χ4v) is 3.88. The van der Waals surface area contributed by atoms with Crippen LogP contribution in [0.25, 0.3) is 10.2 Å². The van der Waals surface area contributed by atoms with Crippen molar-refractivity contribution < 1.29 is 4.79 Å². The van der Waals surface area contributed by atoms with Gasteiger partial charge in [0.2, 0.25) is 0 Å². The monoisotopic (exact) mass is 388 g/mol. The van der Waals surface area contributed by atoms with Crippen molar-refractivity contribution in [3.63, 3.8) is 0 Å². The first kappa shape index (κ1) is 18.1. The van der Waals surface area contributed by atoms with Gasteiger partial charge in [-0.3, -0.25) is 14.7 Å². The van der Waals surface area contributed by atoms with E-state index in [2.05, 4.69) is 9.97 Å². The molecular formula is C22H20N4OS. The highest BCUT2D eigenvalue weighted by Gasteiger charge is 2.22. The molecular weight excluding hydrogens is 368 g/mol. The lowest BCUT2D eigenvalue weighted by molar-refractivity contribution is 0.0985. The molecule has 0 atom stereocenters. The van der Waals surface area contributed by atoms with Crippen molar-refractivity contribution in [2.45, 2.75) is 6.54 Å². The first-order valence-corrected chi connectivity index (χ1v) is 9.78. The number of hydrogen-bond acceptors (Lipinski definition) is 5. The zero-order chi connectivity index (χ0) is 19.5. The molecule has 0 bridgehead atoms. The fraction of sp³-hybridized carbons (Fsp3) is 0.136. The number of amides is 1. The maximum Gasteiger partial charge on any atom is 0.260 e. The Balaban J connectivity index is 1.72. The largest absolute Gasteiger partial charge is 0.378 e. The summed E-state index contributed by atoms with van der Waals surface area (Å²) in [6, 6.07) is 21.2. The number of para-hydroxylation sites is 1.